The zero-order chi connectivity index (χ0) is 12.8. The van der Waals surface area contributed by atoms with Crippen molar-refractivity contribution in [1.29, 1.82) is 0 Å². The van der Waals surface area contributed by atoms with Crippen molar-refractivity contribution in [2.24, 2.45) is 10.9 Å². The number of aliphatic imine (C=N–C) groups is 1. The average Bonchev–Trinajstić information content (AvgIpc) is 3.17. The Labute approximate surface area is 117 Å². The van der Waals surface area contributed by atoms with Gasteiger partial charge in [0.2, 0.25) is 0 Å². The normalized spacial score (nSPS) is 15.6. The van der Waals surface area contributed by atoms with Crippen molar-refractivity contribution in [3.8, 4) is 0 Å². The Morgan fingerprint density at radius 2 is 2.22 bits per heavy atom. The lowest BCUT2D eigenvalue weighted by Gasteiger charge is -2.10. The van der Waals surface area contributed by atoms with Gasteiger partial charge in [0.05, 0.1) is 6.54 Å². The van der Waals surface area contributed by atoms with E-state index in [1.54, 1.807) is 0 Å². The van der Waals surface area contributed by atoms with E-state index in [1.807, 2.05) is 12.1 Å². The molecule has 0 spiro atoms. The second-order valence-electron chi connectivity index (χ2n) is 4.65. The van der Waals surface area contributed by atoms with Crippen LogP contribution < -0.4 is 10.6 Å². The van der Waals surface area contributed by atoms with Gasteiger partial charge in [0.15, 0.2) is 5.96 Å². The lowest BCUT2D eigenvalue weighted by atomic mass is 10.2. The maximum atomic E-state index is 4.60. The van der Waals surface area contributed by atoms with Gasteiger partial charge in [-0.15, -0.1) is 0 Å². The van der Waals surface area contributed by atoms with Crippen LogP contribution in [0.2, 0.25) is 0 Å². The van der Waals surface area contributed by atoms with Gasteiger partial charge in [-0.2, -0.15) is 0 Å². The number of rotatable bonds is 5. The van der Waals surface area contributed by atoms with Crippen molar-refractivity contribution in [3.05, 3.63) is 34.3 Å². The van der Waals surface area contributed by atoms with Gasteiger partial charge in [-0.05, 0) is 43.4 Å². The molecule has 1 aliphatic carbocycles. The topological polar surface area (TPSA) is 36.4 Å². The van der Waals surface area contributed by atoms with Crippen LogP contribution in [0.25, 0.3) is 0 Å². The quantitative estimate of drug-likeness (QED) is 0.648. The van der Waals surface area contributed by atoms with Gasteiger partial charge < -0.3 is 10.6 Å². The number of hydrogen-bond donors (Lipinski definition) is 2. The van der Waals surface area contributed by atoms with Gasteiger partial charge >= 0.3 is 0 Å². The monoisotopic (exact) mass is 309 g/mol. The Bertz CT molecular complexity index is 413. The molecule has 0 saturated heterocycles. The summed E-state index contributed by atoms with van der Waals surface area (Å²) in [6.45, 7) is 4.74. The Kier molecular flexibility index (Phi) is 5.05. The van der Waals surface area contributed by atoms with Crippen LogP contribution in [0.4, 0.5) is 0 Å². The Morgan fingerprint density at radius 3 is 2.89 bits per heavy atom. The number of benzene rings is 1. The summed E-state index contributed by atoms with van der Waals surface area (Å²) in [6.07, 6.45) is 2.72. The molecule has 0 aromatic heterocycles. The van der Waals surface area contributed by atoms with Crippen molar-refractivity contribution in [1.82, 2.24) is 10.6 Å². The van der Waals surface area contributed by atoms with E-state index in [1.165, 1.54) is 18.4 Å². The minimum Gasteiger partial charge on any atom is -0.357 e. The van der Waals surface area contributed by atoms with Crippen LogP contribution in [-0.4, -0.2) is 19.0 Å². The Hall–Kier alpha value is -1.03. The first kappa shape index (κ1) is 13.4. The largest absolute Gasteiger partial charge is 0.357 e. The van der Waals surface area contributed by atoms with Gasteiger partial charge in [0, 0.05) is 17.6 Å². The lowest BCUT2D eigenvalue weighted by Crippen LogP contribution is -2.38. The van der Waals surface area contributed by atoms with Crippen LogP contribution in [0.15, 0.2) is 33.7 Å². The first-order valence-electron chi connectivity index (χ1n) is 6.54. The maximum Gasteiger partial charge on any atom is 0.191 e. The van der Waals surface area contributed by atoms with E-state index in [0.29, 0.717) is 6.54 Å². The molecule has 1 aliphatic rings. The summed E-state index contributed by atoms with van der Waals surface area (Å²) in [5.41, 5.74) is 1.22. The molecule has 0 bridgehead atoms. The lowest BCUT2D eigenvalue weighted by molar-refractivity contribution is 0.739. The third kappa shape index (κ3) is 4.69. The minimum absolute atomic E-state index is 0.708. The van der Waals surface area contributed by atoms with Gasteiger partial charge in [-0.25, -0.2) is 4.99 Å². The second kappa shape index (κ2) is 6.78. The van der Waals surface area contributed by atoms with Gasteiger partial charge in [0.1, 0.15) is 0 Å². The van der Waals surface area contributed by atoms with E-state index in [9.17, 15) is 0 Å². The van der Waals surface area contributed by atoms with Gasteiger partial charge in [-0.3, -0.25) is 0 Å². The van der Waals surface area contributed by atoms with E-state index < -0.39 is 0 Å². The molecule has 0 atom stereocenters. The molecule has 98 valence electrons. The summed E-state index contributed by atoms with van der Waals surface area (Å²) < 4.78 is 1.10. The molecule has 3 nitrogen and oxygen atoms in total. The zero-order valence-electron chi connectivity index (χ0n) is 10.7. The van der Waals surface area contributed by atoms with Crippen LogP contribution in [0.3, 0.4) is 0 Å². The molecular weight excluding hydrogens is 290 g/mol. The third-order valence-corrected chi connectivity index (χ3v) is 3.40. The highest BCUT2D eigenvalue weighted by molar-refractivity contribution is 9.10. The number of halogens is 1. The molecule has 2 N–H and O–H groups in total. The molecular formula is C14H20BrN3. The van der Waals surface area contributed by atoms with E-state index in [4.69, 9.17) is 0 Å². The van der Waals surface area contributed by atoms with Crippen molar-refractivity contribution in [2.75, 3.05) is 13.1 Å². The molecule has 4 heteroatoms. The zero-order valence-corrected chi connectivity index (χ0v) is 12.3. The van der Waals surface area contributed by atoms with Crippen LogP contribution >= 0.6 is 15.9 Å². The number of nitrogens with one attached hydrogen (secondary N) is 2. The van der Waals surface area contributed by atoms with E-state index >= 15 is 0 Å². The Morgan fingerprint density at radius 1 is 1.39 bits per heavy atom. The summed E-state index contributed by atoms with van der Waals surface area (Å²) >= 11 is 3.48. The fourth-order valence-electron chi connectivity index (χ4n) is 1.71. The molecule has 0 heterocycles. The highest BCUT2D eigenvalue weighted by atomic mass is 79.9. The van der Waals surface area contributed by atoms with Crippen LogP contribution in [-0.2, 0) is 6.54 Å². The van der Waals surface area contributed by atoms with Crippen LogP contribution in [0, 0.1) is 5.92 Å². The molecule has 0 amide bonds. The highest BCUT2D eigenvalue weighted by Crippen LogP contribution is 2.27. The molecule has 0 aliphatic heterocycles. The predicted molar refractivity (Wildman–Crippen MR) is 79.7 cm³/mol. The molecule has 1 aromatic carbocycles. The summed E-state index contributed by atoms with van der Waals surface area (Å²) in [7, 11) is 0. The fourth-order valence-corrected chi connectivity index (χ4v) is 2.16. The first-order chi connectivity index (χ1) is 8.78. The second-order valence-corrected chi connectivity index (χ2v) is 5.57. The number of nitrogens with zero attached hydrogens (tertiary/aromatic N) is 1. The van der Waals surface area contributed by atoms with Crippen LogP contribution in [0.5, 0.6) is 0 Å². The highest BCUT2D eigenvalue weighted by Gasteiger charge is 2.20. The van der Waals surface area contributed by atoms with E-state index in [-0.39, 0.29) is 0 Å². The standard InChI is InChI=1S/C14H20BrN3/c1-2-16-14(17-9-11-6-7-11)18-10-12-4-3-5-13(15)8-12/h3-5,8,11H,2,6-7,9-10H2,1H3,(H2,16,17,18). The summed E-state index contributed by atoms with van der Waals surface area (Å²) in [5, 5.41) is 6.67. The van der Waals surface area contributed by atoms with Gasteiger partial charge in [0.25, 0.3) is 0 Å². The molecule has 0 radical (unpaired) electrons. The van der Waals surface area contributed by atoms with Crippen molar-refractivity contribution < 1.29 is 0 Å². The summed E-state index contributed by atoms with van der Waals surface area (Å²) in [5.74, 6) is 1.78. The average molecular weight is 310 g/mol. The SMILES string of the molecule is CCNC(=NCc1cccc(Br)c1)NCC1CC1. The Balaban J connectivity index is 1.89. The van der Waals surface area contributed by atoms with Crippen molar-refractivity contribution in [2.45, 2.75) is 26.3 Å². The van der Waals surface area contributed by atoms with E-state index in [2.05, 4.69) is 50.6 Å². The molecule has 0 unspecified atom stereocenters. The molecule has 18 heavy (non-hydrogen) atoms. The van der Waals surface area contributed by atoms with E-state index in [0.717, 1.165) is 29.4 Å². The number of guanidine groups is 1. The molecule has 1 fully saturated rings. The van der Waals surface area contributed by atoms with Gasteiger partial charge in [-0.1, -0.05) is 28.1 Å². The summed E-state index contributed by atoms with van der Waals surface area (Å²) in [6, 6.07) is 8.27. The molecule has 1 aromatic rings. The van der Waals surface area contributed by atoms with Crippen molar-refractivity contribution >= 4 is 21.9 Å². The summed E-state index contributed by atoms with van der Waals surface area (Å²) in [4.78, 5) is 4.60. The maximum absolute atomic E-state index is 4.60. The minimum atomic E-state index is 0.708. The molecule has 1 saturated carbocycles. The predicted octanol–water partition coefficient (Wildman–Crippen LogP) is 2.91. The smallest absolute Gasteiger partial charge is 0.191 e. The van der Waals surface area contributed by atoms with Crippen LogP contribution in [0.1, 0.15) is 25.3 Å². The third-order valence-electron chi connectivity index (χ3n) is 2.91. The fraction of sp³-hybridized carbons (Fsp3) is 0.500. The number of hydrogen-bond acceptors (Lipinski definition) is 1. The molecule has 2 rings (SSSR count). The first-order valence-corrected chi connectivity index (χ1v) is 7.34. The van der Waals surface area contributed by atoms with Crippen molar-refractivity contribution in [3.63, 3.8) is 0 Å².